The van der Waals surface area contributed by atoms with Crippen molar-refractivity contribution in [3.8, 4) is 16.4 Å². The normalized spacial score (nSPS) is 11.2. The highest BCUT2D eigenvalue weighted by atomic mass is 32.1. The summed E-state index contributed by atoms with van der Waals surface area (Å²) in [6.07, 6.45) is 0. The first-order valence-corrected chi connectivity index (χ1v) is 8.97. The Morgan fingerprint density at radius 3 is 2.64 bits per heavy atom. The maximum Gasteiger partial charge on any atom is 0.211 e. The minimum absolute atomic E-state index is 0.328. The van der Waals surface area contributed by atoms with Crippen LogP contribution in [0, 0.1) is 0 Å². The lowest BCUT2D eigenvalue weighted by atomic mass is 10.1. The molecule has 25 heavy (non-hydrogen) atoms. The summed E-state index contributed by atoms with van der Waals surface area (Å²) < 4.78 is 1.90. The SMILES string of the molecule is CCOOCc1csc(-n2nc(-c3ccccc3)c3ccccc32)n1. The molecule has 2 heterocycles. The Kier molecular flexibility index (Phi) is 4.56. The second-order valence-corrected chi connectivity index (χ2v) is 6.27. The van der Waals surface area contributed by atoms with Crippen molar-refractivity contribution >= 4 is 22.2 Å². The van der Waals surface area contributed by atoms with E-state index in [0.717, 1.165) is 33.0 Å². The average Bonchev–Trinajstić information content (AvgIpc) is 3.27. The highest BCUT2D eigenvalue weighted by Gasteiger charge is 2.15. The van der Waals surface area contributed by atoms with Crippen LogP contribution in [0.3, 0.4) is 0 Å². The number of hydrogen-bond donors (Lipinski definition) is 0. The maximum atomic E-state index is 5.09. The lowest BCUT2D eigenvalue weighted by Crippen LogP contribution is -1.98. The number of rotatable bonds is 6. The molecular weight excluding hydrogens is 334 g/mol. The summed E-state index contributed by atoms with van der Waals surface area (Å²) >= 11 is 1.54. The van der Waals surface area contributed by atoms with E-state index in [0.29, 0.717) is 13.2 Å². The van der Waals surface area contributed by atoms with Crippen molar-refractivity contribution < 1.29 is 9.78 Å². The fourth-order valence-corrected chi connectivity index (χ4v) is 3.44. The zero-order valence-electron chi connectivity index (χ0n) is 13.8. The van der Waals surface area contributed by atoms with Crippen LogP contribution in [0.15, 0.2) is 60.0 Å². The molecule has 126 valence electrons. The minimum Gasteiger partial charge on any atom is -0.237 e. The molecule has 0 aliphatic carbocycles. The molecule has 0 saturated heterocycles. The van der Waals surface area contributed by atoms with Crippen LogP contribution in [0.4, 0.5) is 0 Å². The third-order valence-electron chi connectivity index (χ3n) is 3.76. The third-order valence-corrected chi connectivity index (χ3v) is 4.63. The Morgan fingerprint density at radius 1 is 1.00 bits per heavy atom. The highest BCUT2D eigenvalue weighted by molar-refractivity contribution is 7.12. The van der Waals surface area contributed by atoms with Gasteiger partial charge in [-0.1, -0.05) is 48.5 Å². The first kappa shape index (κ1) is 16.0. The Morgan fingerprint density at radius 2 is 1.80 bits per heavy atom. The standard InChI is InChI=1S/C19H17N3O2S/c1-2-23-24-12-15-13-25-19(20-15)22-17-11-7-6-10-16(17)18(21-22)14-8-4-3-5-9-14/h3-11,13H,2,12H2,1H3. The van der Waals surface area contributed by atoms with E-state index in [1.165, 1.54) is 11.3 Å². The van der Waals surface area contributed by atoms with Crippen LogP contribution in [0.25, 0.3) is 27.3 Å². The zero-order chi connectivity index (χ0) is 17.1. The molecule has 2 aromatic carbocycles. The van der Waals surface area contributed by atoms with Crippen LogP contribution < -0.4 is 0 Å². The predicted molar refractivity (Wildman–Crippen MR) is 98.6 cm³/mol. The van der Waals surface area contributed by atoms with Gasteiger partial charge in [0.1, 0.15) is 12.3 Å². The molecule has 0 spiro atoms. The third kappa shape index (κ3) is 3.19. The molecule has 0 N–H and O–H groups in total. The Hall–Kier alpha value is -2.54. The summed E-state index contributed by atoms with van der Waals surface area (Å²) in [6, 6.07) is 18.4. The van der Waals surface area contributed by atoms with E-state index >= 15 is 0 Å². The smallest absolute Gasteiger partial charge is 0.211 e. The predicted octanol–water partition coefficient (Wildman–Crippen LogP) is 4.62. The first-order valence-electron chi connectivity index (χ1n) is 8.09. The van der Waals surface area contributed by atoms with Crippen molar-refractivity contribution in [2.24, 2.45) is 0 Å². The molecule has 0 aliphatic heterocycles. The average molecular weight is 351 g/mol. The molecule has 0 unspecified atom stereocenters. The molecule has 0 saturated carbocycles. The second-order valence-electron chi connectivity index (χ2n) is 5.43. The molecule has 4 aromatic rings. The van der Waals surface area contributed by atoms with Gasteiger partial charge in [0.2, 0.25) is 5.13 Å². The molecule has 0 radical (unpaired) electrons. The van der Waals surface area contributed by atoms with Gasteiger partial charge in [0.15, 0.2) is 0 Å². The summed E-state index contributed by atoms with van der Waals surface area (Å²) in [5, 5.41) is 8.72. The first-order chi connectivity index (χ1) is 12.4. The number of benzene rings is 2. The molecule has 6 heteroatoms. The van der Waals surface area contributed by atoms with Gasteiger partial charge in [0, 0.05) is 16.3 Å². The van der Waals surface area contributed by atoms with Crippen LogP contribution >= 0.6 is 11.3 Å². The molecule has 0 fully saturated rings. The summed E-state index contributed by atoms with van der Waals surface area (Å²) in [4.78, 5) is 14.6. The molecule has 5 nitrogen and oxygen atoms in total. The largest absolute Gasteiger partial charge is 0.237 e. The maximum absolute atomic E-state index is 5.09. The number of hydrogen-bond acceptors (Lipinski definition) is 5. The molecule has 0 bridgehead atoms. The van der Waals surface area contributed by atoms with Crippen molar-refractivity contribution in [1.82, 2.24) is 14.8 Å². The fraction of sp³-hybridized carbons (Fsp3) is 0.158. The van der Waals surface area contributed by atoms with Gasteiger partial charge < -0.3 is 0 Å². The summed E-state index contributed by atoms with van der Waals surface area (Å²) in [6.45, 7) is 2.73. The number of thiazole rings is 1. The number of nitrogens with zero attached hydrogens (tertiary/aromatic N) is 3. The van der Waals surface area contributed by atoms with Crippen molar-refractivity contribution in [3.63, 3.8) is 0 Å². The van der Waals surface area contributed by atoms with Crippen LogP contribution in [0.5, 0.6) is 0 Å². The summed E-state index contributed by atoms with van der Waals surface area (Å²) in [7, 11) is 0. The monoisotopic (exact) mass is 351 g/mol. The van der Waals surface area contributed by atoms with Crippen LogP contribution in [-0.4, -0.2) is 21.4 Å². The van der Waals surface area contributed by atoms with Gasteiger partial charge in [-0.05, 0) is 13.0 Å². The molecule has 0 amide bonds. The quantitative estimate of drug-likeness (QED) is 0.289. The lowest BCUT2D eigenvalue weighted by Gasteiger charge is -1.99. The van der Waals surface area contributed by atoms with E-state index in [-0.39, 0.29) is 0 Å². The van der Waals surface area contributed by atoms with E-state index in [4.69, 9.17) is 14.9 Å². The van der Waals surface area contributed by atoms with Gasteiger partial charge in [0.25, 0.3) is 0 Å². The number of aromatic nitrogens is 3. The van der Waals surface area contributed by atoms with Crippen molar-refractivity contribution in [2.45, 2.75) is 13.5 Å². The molecule has 0 aliphatic rings. The lowest BCUT2D eigenvalue weighted by molar-refractivity contribution is -0.301. The van der Waals surface area contributed by atoms with E-state index in [1.54, 1.807) is 0 Å². The Balaban J connectivity index is 1.76. The summed E-state index contributed by atoms with van der Waals surface area (Å²) in [5.41, 5.74) is 3.91. The highest BCUT2D eigenvalue weighted by Crippen LogP contribution is 2.30. The van der Waals surface area contributed by atoms with Gasteiger partial charge in [-0.2, -0.15) is 5.10 Å². The van der Waals surface area contributed by atoms with Crippen LogP contribution in [0.2, 0.25) is 0 Å². The van der Waals surface area contributed by atoms with Gasteiger partial charge in [-0.15, -0.1) is 11.3 Å². The molecular formula is C19H17N3O2S. The topological polar surface area (TPSA) is 49.2 Å². The number of para-hydroxylation sites is 1. The number of fused-ring (bicyclic) bond motifs is 1. The van der Waals surface area contributed by atoms with Crippen LogP contribution in [0.1, 0.15) is 12.6 Å². The fourth-order valence-electron chi connectivity index (χ4n) is 2.67. The second kappa shape index (κ2) is 7.14. The van der Waals surface area contributed by atoms with Gasteiger partial charge in [0.05, 0.1) is 17.8 Å². The van der Waals surface area contributed by atoms with Crippen LogP contribution in [-0.2, 0) is 16.4 Å². The van der Waals surface area contributed by atoms with Gasteiger partial charge in [-0.3, -0.25) is 0 Å². The van der Waals surface area contributed by atoms with Crippen molar-refractivity contribution in [1.29, 1.82) is 0 Å². The van der Waals surface area contributed by atoms with Gasteiger partial charge in [-0.25, -0.2) is 19.4 Å². The minimum atomic E-state index is 0.328. The molecule has 4 rings (SSSR count). The van der Waals surface area contributed by atoms with Gasteiger partial charge >= 0.3 is 0 Å². The van der Waals surface area contributed by atoms with E-state index in [1.807, 2.05) is 47.3 Å². The molecule has 0 atom stereocenters. The molecule has 2 aromatic heterocycles. The van der Waals surface area contributed by atoms with Crippen molar-refractivity contribution in [2.75, 3.05) is 6.61 Å². The van der Waals surface area contributed by atoms with E-state index in [2.05, 4.69) is 29.2 Å². The van der Waals surface area contributed by atoms with E-state index in [9.17, 15) is 0 Å². The Bertz CT molecular complexity index is 979. The Labute approximate surface area is 149 Å². The zero-order valence-corrected chi connectivity index (χ0v) is 14.6. The van der Waals surface area contributed by atoms with E-state index < -0.39 is 0 Å². The van der Waals surface area contributed by atoms with Crippen molar-refractivity contribution in [3.05, 3.63) is 65.7 Å². The summed E-state index contributed by atoms with van der Waals surface area (Å²) in [5.74, 6) is 0.